The molecule has 0 amide bonds. The molecule has 0 saturated heterocycles. The van der Waals surface area contributed by atoms with E-state index in [1.54, 1.807) is 24.3 Å². The van der Waals surface area contributed by atoms with E-state index in [4.69, 9.17) is 9.47 Å². The number of carbonyl (C=O) groups is 2. The number of nitriles is 1. The minimum Gasteiger partial charge on any atom is -0.496 e. The van der Waals surface area contributed by atoms with Crippen molar-refractivity contribution in [1.29, 1.82) is 5.26 Å². The fourth-order valence-corrected chi connectivity index (χ4v) is 3.07. The van der Waals surface area contributed by atoms with E-state index in [1.807, 2.05) is 26.0 Å². The van der Waals surface area contributed by atoms with Gasteiger partial charge in [0.15, 0.2) is 6.61 Å². The zero-order valence-corrected chi connectivity index (χ0v) is 17.5. The molecule has 0 aliphatic carbocycles. The van der Waals surface area contributed by atoms with E-state index in [1.165, 1.54) is 13.2 Å². The van der Waals surface area contributed by atoms with Gasteiger partial charge in [-0.1, -0.05) is 26.0 Å². The molecule has 0 unspecified atom stereocenters. The van der Waals surface area contributed by atoms with Crippen LogP contribution in [0.1, 0.15) is 41.2 Å². The smallest absolute Gasteiger partial charge is 0.349 e. The lowest BCUT2D eigenvalue weighted by molar-refractivity contribution is -0.137. The Bertz CT molecular complexity index is 977. The summed E-state index contributed by atoms with van der Waals surface area (Å²) in [6.45, 7) is 8.59. The van der Waals surface area contributed by atoms with Gasteiger partial charge >= 0.3 is 5.97 Å². The molecule has 6 nitrogen and oxygen atoms in total. The van der Waals surface area contributed by atoms with E-state index in [2.05, 4.69) is 18.4 Å². The molecular weight excluding hydrogens is 368 g/mol. The van der Waals surface area contributed by atoms with Crippen LogP contribution in [0.2, 0.25) is 0 Å². The van der Waals surface area contributed by atoms with Crippen LogP contribution in [0.15, 0.2) is 35.9 Å². The maximum atomic E-state index is 12.3. The number of benzene rings is 1. The molecule has 1 aromatic heterocycles. The van der Waals surface area contributed by atoms with Crippen LogP contribution in [0, 0.1) is 31.1 Å². The van der Waals surface area contributed by atoms with E-state index in [9.17, 15) is 14.9 Å². The van der Waals surface area contributed by atoms with Gasteiger partial charge in [-0.2, -0.15) is 5.26 Å². The minimum atomic E-state index is -0.829. The highest BCUT2D eigenvalue weighted by Gasteiger charge is 2.18. The van der Waals surface area contributed by atoms with Gasteiger partial charge in [-0.3, -0.25) is 4.79 Å². The van der Waals surface area contributed by atoms with Crippen molar-refractivity contribution < 1.29 is 19.1 Å². The van der Waals surface area contributed by atoms with Crippen molar-refractivity contribution in [1.82, 2.24) is 4.57 Å². The molecule has 1 heterocycles. The highest BCUT2D eigenvalue weighted by atomic mass is 16.5. The van der Waals surface area contributed by atoms with Crippen molar-refractivity contribution in [3.8, 4) is 11.8 Å². The van der Waals surface area contributed by atoms with Crippen LogP contribution < -0.4 is 4.74 Å². The average molecular weight is 394 g/mol. The Balaban J connectivity index is 2.15. The zero-order valence-electron chi connectivity index (χ0n) is 17.5. The fourth-order valence-electron chi connectivity index (χ4n) is 3.07. The first-order valence-corrected chi connectivity index (χ1v) is 9.40. The number of nitrogens with zero attached hydrogens (tertiary/aromatic N) is 2. The number of methoxy groups -OCH3 is 1. The molecule has 2 rings (SSSR count). The van der Waals surface area contributed by atoms with E-state index in [0.717, 1.165) is 23.5 Å². The van der Waals surface area contributed by atoms with Gasteiger partial charge in [-0.25, -0.2) is 4.79 Å². The van der Waals surface area contributed by atoms with E-state index < -0.39 is 18.4 Å². The Morgan fingerprint density at radius 2 is 1.93 bits per heavy atom. The van der Waals surface area contributed by atoms with Crippen molar-refractivity contribution >= 4 is 17.8 Å². The molecule has 0 aliphatic heterocycles. The standard InChI is InChI=1S/C23H26N2O4/c1-15(2)13-25-16(3)10-18(17(25)4)11-19(12-24)23(27)29-14-21(26)20-8-6-7-9-22(20)28-5/h6-11,15H,13-14H2,1-5H3/b19-11+. The summed E-state index contributed by atoms with van der Waals surface area (Å²) in [6, 6.07) is 10.5. The van der Waals surface area contributed by atoms with E-state index in [0.29, 0.717) is 17.2 Å². The SMILES string of the molecule is COc1ccccc1C(=O)COC(=O)/C(C#N)=C/c1cc(C)n(CC(C)C)c1C. The molecule has 0 bridgehead atoms. The Kier molecular flexibility index (Phi) is 7.38. The van der Waals surface area contributed by atoms with Gasteiger partial charge < -0.3 is 14.0 Å². The molecule has 6 heteroatoms. The number of hydrogen-bond acceptors (Lipinski definition) is 5. The zero-order chi connectivity index (χ0) is 21.6. The summed E-state index contributed by atoms with van der Waals surface area (Å²) < 4.78 is 12.4. The van der Waals surface area contributed by atoms with Crippen LogP contribution in [0.4, 0.5) is 0 Å². The van der Waals surface area contributed by atoms with E-state index >= 15 is 0 Å². The first-order valence-electron chi connectivity index (χ1n) is 9.40. The van der Waals surface area contributed by atoms with Crippen LogP contribution in [0.25, 0.3) is 6.08 Å². The summed E-state index contributed by atoms with van der Waals surface area (Å²) in [5.41, 5.74) is 2.99. The van der Waals surface area contributed by atoms with Gasteiger partial charge in [0.2, 0.25) is 5.78 Å². The molecule has 0 aliphatic rings. The first-order chi connectivity index (χ1) is 13.8. The Morgan fingerprint density at radius 1 is 1.24 bits per heavy atom. The average Bonchev–Trinajstić information content (AvgIpc) is 2.96. The third-order valence-corrected chi connectivity index (χ3v) is 4.54. The maximum Gasteiger partial charge on any atom is 0.349 e. The molecule has 0 N–H and O–H groups in total. The van der Waals surface area contributed by atoms with Crippen LogP contribution in [0.3, 0.4) is 0 Å². The van der Waals surface area contributed by atoms with Crippen LogP contribution >= 0.6 is 0 Å². The highest BCUT2D eigenvalue weighted by Crippen LogP contribution is 2.21. The van der Waals surface area contributed by atoms with Gasteiger partial charge in [-0.15, -0.1) is 0 Å². The molecule has 2 aromatic rings. The van der Waals surface area contributed by atoms with Crippen molar-refractivity contribution in [2.24, 2.45) is 5.92 Å². The van der Waals surface area contributed by atoms with Gasteiger partial charge in [0.25, 0.3) is 0 Å². The van der Waals surface area contributed by atoms with Crippen molar-refractivity contribution in [3.05, 3.63) is 58.4 Å². The summed E-state index contributed by atoms with van der Waals surface area (Å²) in [4.78, 5) is 24.7. The number of para-hydroxylation sites is 1. The maximum absolute atomic E-state index is 12.3. The summed E-state index contributed by atoms with van der Waals surface area (Å²) >= 11 is 0. The van der Waals surface area contributed by atoms with Crippen molar-refractivity contribution in [2.75, 3.05) is 13.7 Å². The second-order valence-electron chi connectivity index (χ2n) is 7.20. The molecule has 29 heavy (non-hydrogen) atoms. The van der Waals surface area contributed by atoms with Gasteiger partial charge in [0, 0.05) is 17.9 Å². The minimum absolute atomic E-state index is 0.150. The first kappa shape index (κ1) is 22.0. The highest BCUT2D eigenvalue weighted by molar-refractivity contribution is 6.03. The quantitative estimate of drug-likeness (QED) is 0.291. The van der Waals surface area contributed by atoms with Crippen molar-refractivity contribution in [2.45, 2.75) is 34.2 Å². The van der Waals surface area contributed by atoms with E-state index in [-0.39, 0.29) is 5.57 Å². The van der Waals surface area contributed by atoms with Gasteiger partial charge in [-0.05, 0) is 49.6 Å². The number of ketones is 1. The number of carbonyl (C=O) groups excluding carboxylic acids is 2. The van der Waals surface area contributed by atoms with Crippen LogP contribution in [0.5, 0.6) is 5.75 Å². The second kappa shape index (κ2) is 9.74. The molecular formula is C23H26N2O4. The van der Waals surface area contributed by atoms with Crippen LogP contribution in [-0.2, 0) is 16.1 Å². The molecule has 1 aromatic carbocycles. The Morgan fingerprint density at radius 3 is 2.55 bits per heavy atom. The Labute approximate surface area is 171 Å². The lowest BCUT2D eigenvalue weighted by Gasteiger charge is -2.12. The number of aryl methyl sites for hydroxylation is 1. The fraction of sp³-hybridized carbons (Fsp3) is 0.348. The number of rotatable bonds is 8. The second-order valence-corrected chi connectivity index (χ2v) is 7.20. The largest absolute Gasteiger partial charge is 0.496 e. The topological polar surface area (TPSA) is 81.3 Å². The van der Waals surface area contributed by atoms with Crippen molar-refractivity contribution in [3.63, 3.8) is 0 Å². The lowest BCUT2D eigenvalue weighted by Crippen LogP contribution is -2.15. The number of esters is 1. The Hall–Kier alpha value is -3.33. The summed E-state index contributed by atoms with van der Waals surface area (Å²) in [7, 11) is 1.46. The molecule has 0 spiro atoms. The summed E-state index contributed by atoms with van der Waals surface area (Å²) in [5.74, 6) is -0.354. The molecule has 0 fully saturated rings. The summed E-state index contributed by atoms with van der Waals surface area (Å²) in [6.07, 6.45) is 1.51. The summed E-state index contributed by atoms with van der Waals surface area (Å²) in [5, 5.41) is 9.40. The lowest BCUT2D eigenvalue weighted by atomic mass is 10.1. The number of Topliss-reactive ketones (excluding diaryl/α,β-unsaturated/α-hetero) is 1. The predicted molar refractivity (Wildman–Crippen MR) is 111 cm³/mol. The van der Waals surface area contributed by atoms with Gasteiger partial charge in [0.1, 0.15) is 17.4 Å². The van der Waals surface area contributed by atoms with Gasteiger partial charge in [0.05, 0.1) is 12.7 Å². The monoisotopic (exact) mass is 394 g/mol. The molecule has 0 radical (unpaired) electrons. The molecule has 0 saturated carbocycles. The number of hydrogen-bond donors (Lipinski definition) is 0. The predicted octanol–water partition coefficient (Wildman–Crippen LogP) is 4.10. The normalized spacial score (nSPS) is 11.3. The third-order valence-electron chi connectivity index (χ3n) is 4.54. The molecule has 0 atom stereocenters. The number of ether oxygens (including phenoxy) is 2. The molecule has 152 valence electrons. The number of aromatic nitrogens is 1. The van der Waals surface area contributed by atoms with Crippen LogP contribution in [-0.4, -0.2) is 30.0 Å². The third kappa shape index (κ3) is 5.35.